The van der Waals surface area contributed by atoms with Gasteiger partial charge >= 0.3 is 0 Å². The zero-order valence-corrected chi connectivity index (χ0v) is 21.7. The molecule has 3 aromatic carbocycles. The number of nitro benzene ring substituents is 1. The predicted molar refractivity (Wildman–Crippen MR) is 145 cm³/mol. The number of non-ortho nitro benzene ring substituents is 1. The van der Waals surface area contributed by atoms with Gasteiger partial charge in [0.2, 0.25) is 15.9 Å². The molecule has 0 bridgehead atoms. The summed E-state index contributed by atoms with van der Waals surface area (Å²) in [6.45, 7) is 0.0469. The smallest absolute Gasteiger partial charge is 0.270 e. The lowest BCUT2D eigenvalue weighted by Crippen LogP contribution is -2.46. The Labute approximate surface area is 228 Å². The largest absolute Gasteiger partial charge is 0.361 e. The molecule has 0 aliphatic carbocycles. The molecule has 0 saturated carbocycles. The molecule has 1 aliphatic rings. The van der Waals surface area contributed by atoms with Crippen LogP contribution in [0.25, 0.3) is 10.9 Å². The van der Waals surface area contributed by atoms with Gasteiger partial charge in [0.1, 0.15) is 6.04 Å². The van der Waals surface area contributed by atoms with Crippen molar-refractivity contribution in [3.63, 3.8) is 0 Å². The molecule has 1 unspecified atom stereocenters. The first-order valence-electron chi connectivity index (χ1n) is 12.1. The van der Waals surface area contributed by atoms with Crippen LogP contribution in [-0.4, -0.2) is 53.5 Å². The number of primary sulfonamides is 1. The van der Waals surface area contributed by atoms with E-state index in [0.717, 1.165) is 27.4 Å². The topological polar surface area (TPSA) is 177 Å². The summed E-state index contributed by atoms with van der Waals surface area (Å²) < 4.78 is 23.2. The average molecular weight is 562 g/mol. The van der Waals surface area contributed by atoms with Crippen LogP contribution in [0.15, 0.2) is 83.9 Å². The lowest BCUT2D eigenvalue weighted by molar-refractivity contribution is -0.384. The van der Waals surface area contributed by atoms with Crippen molar-refractivity contribution in [1.82, 2.24) is 9.88 Å². The number of carbonyl (C=O) groups excluding carboxylic acids is 3. The van der Waals surface area contributed by atoms with Crippen molar-refractivity contribution >= 4 is 50.0 Å². The highest BCUT2D eigenvalue weighted by Gasteiger charge is 2.44. The van der Waals surface area contributed by atoms with Gasteiger partial charge in [-0.05, 0) is 48.4 Å². The summed E-state index contributed by atoms with van der Waals surface area (Å²) in [6, 6.07) is 16.5. The van der Waals surface area contributed by atoms with Crippen molar-refractivity contribution in [2.45, 2.75) is 23.8 Å². The van der Waals surface area contributed by atoms with E-state index < -0.39 is 38.7 Å². The SMILES string of the molecule is NS(=O)(=O)c1ccc(N2C(=O)CC(N(CCc3c[nH]c4ccccc34)C(=O)c3cccc([N+](=O)[O-])c3)C2=O)cc1. The highest BCUT2D eigenvalue weighted by atomic mass is 32.2. The van der Waals surface area contributed by atoms with E-state index >= 15 is 0 Å². The molecular weight excluding hydrogens is 538 g/mol. The van der Waals surface area contributed by atoms with Crippen LogP contribution in [0.3, 0.4) is 0 Å². The van der Waals surface area contributed by atoms with E-state index in [1.54, 1.807) is 0 Å². The summed E-state index contributed by atoms with van der Waals surface area (Å²) in [5.74, 6) is -1.89. The third kappa shape index (κ3) is 5.07. The fourth-order valence-corrected chi connectivity index (χ4v) is 5.33. The van der Waals surface area contributed by atoms with Crippen molar-refractivity contribution in [2.24, 2.45) is 5.14 Å². The molecule has 40 heavy (non-hydrogen) atoms. The minimum absolute atomic E-state index is 0.00401. The summed E-state index contributed by atoms with van der Waals surface area (Å²) >= 11 is 0. The minimum Gasteiger partial charge on any atom is -0.361 e. The van der Waals surface area contributed by atoms with Gasteiger partial charge in [-0.25, -0.2) is 18.5 Å². The van der Waals surface area contributed by atoms with Gasteiger partial charge in [-0.1, -0.05) is 24.3 Å². The third-order valence-corrected chi connectivity index (χ3v) is 7.71. The van der Waals surface area contributed by atoms with Gasteiger partial charge in [0.25, 0.3) is 17.5 Å². The first-order chi connectivity index (χ1) is 19.0. The zero-order chi connectivity index (χ0) is 28.6. The number of nitrogens with one attached hydrogen (secondary N) is 1. The van der Waals surface area contributed by atoms with E-state index in [9.17, 15) is 32.9 Å². The normalized spacial score (nSPS) is 15.5. The Bertz CT molecular complexity index is 1770. The van der Waals surface area contributed by atoms with Gasteiger partial charge in [-0.2, -0.15) is 0 Å². The molecule has 1 saturated heterocycles. The number of nitrogens with two attached hydrogens (primary N) is 1. The zero-order valence-electron chi connectivity index (χ0n) is 20.9. The monoisotopic (exact) mass is 561 g/mol. The standard InChI is InChI=1S/C27H23N5O7S/c28-40(38,39)21-10-8-19(9-11-21)31-25(33)15-24(27(31)35)30(26(34)17-4-3-5-20(14-17)32(36)37)13-12-18-16-29-23-7-2-1-6-22(18)23/h1-11,14,16,24,29H,12-13,15H2,(H2,28,38,39). The summed E-state index contributed by atoms with van der Waals surface area (Å²) in [5, 5.41) is 17.4. The predicted octanol–water partition coefficient (Wildman–Crippen LogP) is 2.74. The number of aromatic amines is 1. The second-order valence-corrected chi connectivity index (χ2v) is 10.8. The van der Waals surface area contributed by atoms with Crippen LogP contribution < -0.4 is 10.0 Å². The molecule has 3 amide bonds. The van der Waals surface area contributed by atoms with Gasteiger partial charge in [-0.3, -0.25) is 24.5 Å². The number of para-hydroxylation sites is 1. The molecule has 2 heterocycles. The van der Waals surface area contributed by atoms with E-state index in [2.05, 4.69) is 4.98 Å². The fraction of sp³-hybridized carbons (Fsp3) is 0.148. The molecule has 1 atom stereocenters. The number of amides is 3. The second-order valence-electron chi connectivity index (χ2n) is 9.24. The number of hydrogen-bond donors (Lipinski definition) is 2. The molecule has 1 fully saturated rings. The highest BCUT2D eigenvalue weighted by Crippen LogP contribution is 2.29. The Hall–Kier alpha value is -4.88. The van der Waals surface area contributed by atoms with Crippen LogP contribution >= 0.6 is 0 Å². The Morgan fingerprint density at radius 1 is 1.07 bits per heavy atom. The summed E-state index contributed by atoms with van der Waals surface area (Å²) in [5.41, 5.74) is 1.64. The summed E-state index contributed by atoms with van der Waals surface area (Å²) in [6.07, 6.45) is 1.83. The van der Waals surface area contributed by atoms with Crippen LogP contribution in [-0.2, 0) is 26.0 Å². The van der Waals surface area contributed by atoms with E-state index in [4.69, 9.17) is 5.14 Å². The van der Waals surface area contributed by atoms with E-state index in [1.165, 1.54) is 47.4 Å². The quantitative estimate of drug-likeness (QED) is 0.189. The van der Waals surface area contributed by atoms with Gasteiger partial charge in [-0.15, -0.1) is 0 Å². The highest BCUT2D eigenvalue weighted by molar-refractivity contribution is 7.89. The number of sulfonamides is 1. The van der Waals surface area contributed by atoms with Gasteiger partial charge in [0, 0.05) is 41.3 Å². The number of nitro groups is 1. The third-order valence-electron chi connectivity index (χ3n) is 6.78. The number of imide groups is 1. The Balaban J connectivity index is 1.48. The Kier molecular flexibility index (Phi) is 6.92. The van der Waals surface area contributed by atoms with Gasteiger partial charge in [0.15, 0.2) is 0 Å². The number of aromatic nitrogens is 1. The van der Waals surface area contributed by atoms with Crippen molar-refractivity contribution in [2.75, 3.05) is 11.4 Å². The molecule has 4 aromatic rings. The van der Waals surface area contributed by atoms with Gasteiger partial charge in [0.05, 0.1) is 21.9 Å². The van der Waals surface area contributed by atoms with Crippen molar-refractivity contribution in [3.05, 3.63) is 100 Å². The molecule has 204 valence electrons. The lowest BCUT2D eigenvalue weighted by atomic mass is 10.1. The molecule has 3 N–H and O–H groups in total. The van der Waals surface area contributed by atoms with E-state index in [-0.39, 0.29) is 34.8 Å². The second kappa shape index (κ2) is 10.4. The number of fused-ring (bicyclic) bond motifs is 1. The molecule has 13 heteroatoms. The van der Waals surface area contributed by atoms with Crippen molar-refractivity contribution in [3.8, 4) is 0 Å². The van der Waals surface area contributed by atoms with E-state index in [1.807, 2.05) is 30.5 Å². The van der Waals surface area contributed by atoms with Crippen LogP contribution in [0.4, 0.5) is 11.4 Å². The molecule has 1 aliphatic heterocycles. The van der Waals surface area contributed by atoms with Crippen LogP contribution in [0, 0.1) is 10.1 Å². The van der Waals surface area contributed by atoms with Crippen molar-refractivity contribution < 1.29 is 27.7 Å². The molecule has 12 nitrogen and oxygen atoms in total. The van der Waals surface area contributed by atoms with Crippen molar-refractivity contribution in [1.29, 1.82) is 0 Å². The van der Waals surface area contributed by atoms with E-state index in [0.29, 0.717) is 6.42 Å². The fourth-order valence-electron chi connectivity index (χ4n) is 4.81. The maximum Gasteiger partial charge on any atom is 0.270 e. The number of H-pyrrole nitrogens is 1. The summed E-state index contributed by atoms with van der Waals surface area (Å²) in [4.78, 5) is 56.1. The Morgan fingerprint density at radius 2 is 1.80 bits per heavy atom. The Morgan fingerprint density at radius 3 is 2.50 bits per heavy atom. The number of benzene rings is 3. The first kappa shape index (κ1) is 26.7. The van der Waals surface area contributed by atoms with Crippen LogP contribution in [0.5, 0.6) is 0 Å². The number of carbonyl (C=O) groups is 3. The molecule has 0 radical (unpaired) electrons. The number of anilines is 1. The molecule has 5 rings (SSSR count). The number of nitrogens with zero attached hydrogens (tertiary/aromatic N) is 3. The maximum absolute atomic E-state index is 13.7. The number of hydrogen-bond acceptors (Lipinski definition) is 7. The maximum atomic E-state index is 13.7. The lowest BCUT2D eigenvalue weighted by Gasteiger charge is -2.28. The minimum atomic E-state index is -3.98. The van der Waals surface area contributed by atoms with Crippen LogP contribution in [0.2, 0.25) is 0 Å². The molecule has 1 aromatic heterocycles. The van der Waals surface area contributed by atoms with Gasteiger partial charge < -0.3 is 9.88 Å². The average Bonchev–Trinajstić information content (AvgIpc) is 3.48. The molecule has 0 spiro atoms. The first-order valence-corrected chi connectivity index (χ1v) is 13.7. The number of rotatable bonds is 8. The van der Waals surface area contributed by atoms with Crippen LogP contribution in [0.1, 0.15) is 22.3 Å². The summed E-state index contributed by atoms with van der Waals surface area (Å²) in [7, 11) is -3.98. The molecular formula is C27H23N5O7S.